The van der Waals surface area contributed by atoms with E-state index in [0.717, 1.165) is 5.56 Å². The van der Waals surface area contributed by atoms with E-state index in [1.165, 1.54) is 10.7 Å². The summed E-state index contributed by atoms with van der Waals surface area (Å²) in [6.45, 7) is 0.461. The monoisotopic (exact) mass is 334 g/mol. The van der Waals surface area contributed by atoms with Crippen molar-refractivity contribution in [1.82, 2.24) is 14.6 Å². The van der Waals surface area contributed by atoms with Gasteiger partial charge in [0, 0.05) is 6.54 Å². The quantitative estimate of drug-likeness (QED) is 0.767. The minimum atomic E-state index is -0.579. The predicted molar refractivity (Wildman–Crippen MR) is 84.1 cm³/mol. The summed E-state index contributed by atoms with van der Waals surface area (Å²) in [5.41, 5.74) is 6.92. The van der Waals surface area contributed by atoms with Crippen molar-refractivity contribution in [3.05, 3.63) is 57.8 Å². The number of fused-ring (bicyclic) bond motifs is 1. The smallest absolute Gasteiger partial charge is 0.252 e. The van der Waals surface area contributed by atoms with E-state index in [1.54, 1.807) is 18.2 Å². The number of hydrogen-bond acceptors (Lipinski definition) is 4. The average Bonchev–Trinajstić information content (AvgIpc) is 2.95. The number of nitrogens with two attached hydrogens (primary N) is 1. The van der Waals surface area contributed by atoms with Crippen LogP contribution in [0.25, 0.3) is 5.65 Å². The fourth-order valence-electron chi connectivity index (χ4n) is 1.97. The minimum absolute atomic E-state index is 0.271. The van der Waals surface area contributed by atoms with E-state index < -0.39 is 5.91 Å². The molecule has 0 unspecified atom stereocenters. The van der Waals surface area contributed by atoms with E-state index in [4.69, 9.17) is 28.9 Å². The first-order valence-electron chi connectivity index (χ1n) is 6.28. The Morgan fingerprint density at radius 2 is 2.14 bits per heavy atom. The van der Waals surface area contributed by atoms with Crippen molar-refractivity contribution in [3.8, 4) is 0 Å². The second-order valence-electron chi connectivity index (χ2n) is 4.53. The zero-order valence-electron chi connectivity index (χ0n) is 11.2. The van der Waals surface area contributed by atoms with Crippen LogP contribution in [-0.4, -0.2) is 20.5 Å². The number of imidazole rings is 1. The van der Waals surface area contributed by atoms with Gasteiger partial charge in [0.15, 0.2) is 5.65 Å². The van der Waals surface area contributed by atoms with Crippen molar-refractivity contribution in [2.45, 2.75) is 6.54 Å². The number of hydrogen-bond donors (Lipinski definition) is 2. The number of benzene rings is 1. The highest BCUT2D eigenvalue weighted by Crippen LogP contribution is 2.23. The van der Waals surface area contributed by atoms with Gasteiger partial charge in [0.1, 0.15) is 12.0 Å². The normalized spacial score (nSPS) is 10.8. The highest BCUT2D eigenvalue weighted by Gasteiger charge is 2.12. The van der Waals surface area contributed by atoms with Gasteiger partial charge in [-0.2, -0.15) is 0 Å². The molecule has 2 heterocycles. The Hall–Kier alpha value is -2.31. The number of anilines is 1. The van der Waals surface area contributed by atoms with E-state index in [1.807, 2.05) is 6.07 Å². The summed E-state index contributed by atoms with van der Waals surface area (Å²) in [5.74, 6) is -0.105. The summed E-state index contributed by atoms with van der Waals surface area (Å²) in [6, 6.07) is 6.87. The second-order valence-corrected chi connectivity index (χ2v) is 5.35. The van der Waals surface area contributed by atoms with Gasteiger partial charge < -0.3 is 11.1 Å². The van der Waals surface area contributed by atoms with Crippen LogP contribution < -0.4 is 11.1 Å². The number of aromatic nitrogens is 3. The lowest BCUT2D eigenvalue weighted by Crippen LogP contribution is -2.15. The number of carbonyl (C=O) groups is 1. The van der Waals surface area contributed by atoms with E-state index in [-0.39, 0.29) is 5.56 Å². The summed E-state index contributed by atoms with van der Waals surface area (Å²) in [7, 11) is 0. The van der Waals surface area contributed by atoms with Crippen LogP contribution in [0.15, 0.2) is 30.5 Å². The van der Waals surface area contributed by atoms with Gasteiger partial charge in [0.25, 0.3) is 5.91 Å². The fraction of sp³-hybridized carbons (Fsp3) is 0.0714. The molecule has 3 aromatic rings. The topological polar surface area (TPSA) is 85.3 Å². The lowest BCUT2D eigenvalue weighted by molar-refractivity contribution is 0.100. The standard InChI is InChI=1S/C14H10Cl2N5O/c15-10-2-1-8(5-11(10)16)7-19-12-6-9(13(17)22)14-18-3-4-21(14)20-12/h1-3,5-6H,7H2,(H2,17,22)(H,19,20). The Bertz CT molecular complexity index is 862. The maximum atomic E-state index is 11.5. The van der Waals surface area contributed by atoms with Crippen LogP contribution in [0.3, 0.4) is 0 Å². The van der Waals surface area contributed by atoms with E-state index in [9.17, 15) is 4.79 Å². The number of nitrogens with one attached hydrogen (secondary N) is 1. The molecule has 1 radical (unpaired) electrons. The molecule has 8 heteroatoms. The van der Waals surface area contributed by atoms with Crippen molar-refractivity contribution >= 4 is 40.6 Å². The SMILES string of the molecule is NC(=O)c1cc(NCc2ccc(Cl)c(Cl)c2)nn2[c]cnc12. The number of carbonyl (C=O) groups excluding carboxylic acids is 1. The molecule has 0 aliphatic heterocycles. The maximum Gasteiger partial charge on any atom is 0.252 e. The fourth-order valence-corrected chi connectivity index (χ4v) is 2.29. The van der Waals surface area contributed by atoms with Crippen LogP contribution in [-0.2, 0) is 6.54 Å². The first kappa shape index (κ1) is 14.6. The Morgan fingerprint density at radius 1 is 1.32 bits per heavy atom. The van der Waals surface area contributed by atoms with Crippen LogP contribution in [0.5, 0.6) is 0 Å². The molecular weight excluding hydrogens is 325 g/mol. The molecule has 1 amide bonds. The summed E-state index contributed by atoms with van der Waals surface area (Å²) in [4.78, 5) is 15.5. The number of halogens is 2. The minimum Gasteiger partial charge on any atom is -0.365 e. The maximum absolute atomic E-state index is 11.5. The number of nitrogens with zero attached hydrogens (tertiary/aromatic N) is 3. The Labute approximate surface area is 135 Å². The molecule has 0 aliphatic carbocycles. The van der Waals surface area contributed by atoms with Gasteiger partial charge in [-0.15, -0.1) is 5.10 Å². The number of rotatable bonds is 4. The number of primary amides is 1. The van der Waals surface area contributed by atoms with Crippen LogP contribution in [0.2, 0.25) is 10.0 Å². The molecular formula is C14H10Cl2N5O. The van der Waals surface area contributed by atoms with Crippen molar-refractivity contribution in [2.24, 2.45) is 5.73 Å². The average molecular weight is 335 g/mol. The first-order chi connectivity index (χ1) is 10.5. The van der Waals surface area contributed by atoms with Crippen LogP contribution in [0.1, 0.15) is 15.9 Å². The third kappa shape index (κ3) is 2.84. The summed E-state index contributed by atoms with van der Waals surface area (Å²) in [6.07, 6.45) is 4.21. The second kappa shape index (κ2) is 5.82. The molecule has 2 aromatic heterocycles. The molecule has 0 atom stereocenters. The van der Waals surface area contributed by atoms with Crippen LogP contribution in [0.4, 0.5) is 5.82 Å². The number of amides is 1. The highest BCUT2D eigenvalue weighted by atomic mass is 35.5. The predicted octanol–water partition coefficient (Wildman–Crippen LogP) is 2.55. The largest absolute Gasteiger partial charge is 0.365 e. The molecule has 111 valence electrons. The van der Waals surface area contributed by atoms with Gasteiger partial charge >= 0.3 is 0 Å². The van der Waals surface area contributed by atoms with E-state index in [0.29, 0.717) is 28.1 Å². The molecule has 3 rings (SSSR count). The lowest BCUT2D eigenvalue weighted by atomic mass is 10.2. The Kier molecular flexibility index (Phi) is 3.87. The van der Waals surface area contributed by atoms with Gasteiger partial charge in [-0.25, -0.2) is 9.50 Å². The molecule has 0 bridgehead atoms. The van der Waals surface area contributed by atoms with Crippen molar-refractivity contribution in [2.75, 3.05) is 5.32 Å². The van der Waals surface area contributed by atoms with Gasteiger partial charge in [0.2, 0.25) is 0 Å². The molecule has 1 aromatic carbocycles. The zero-order valence-corrected chi connectivity index (χ0v) is 12.7. The van der Waals surface area contributed by atoms with E-state index >= 15 is 0 Å². The summed E-state index contributed by atoms with van der Waals surface area (Å²) < 4.78 is 1.37. The first-order valence-corrected chi connectivity index (χ1v) is 7.04. The molecule has 0 fully saturated rings. The van der Waals surface area contributed by atoms with Crippen molar-refractivity contribution in [1.29, 1.82) is 0 Å². The Morgan fingerprint density at radius 3 is 2.86 bits per heavy atom. The molecule has 6 nitrogen and oxygen atoms in total. The Balaban J connectivity index is 1.87. The van der Waals surface area contributed by atoms with Gasteiger partial charge in [0.05, 0.1) is 21.8 Å². The molecule has 0 aliphatic rings. The molecule has 22 heavy (non-hydrogen) atoms. The molecule has 0 spiro atoms. The summed E-state index contributed by atoms with van der Waals surface area (Å²) in [5, 5.41) is 8.32. The zero-order chi connectivity index (χ0) is 15.7. The van der Waals surface area contributed by atoms with Gasteiger partial charge in [-0.3, -0.25) is 4.79 Å². The van der Waals surface area contributed by atoms with Gasteiger partial charge in [-0.1, -0.05) is 29.3 Å². The summed E-state index contributed by atoms with van der Waals surface area (Å²) >= 11 is 11.8. The lowest BCUT2D eigenvalue weighted by Gasteiger charge is -2.08. The molecule has 3 N–H and O–H groups in total. The van der Waals surface area contributed by atoms with Crippen LogP contribution >= 0.6 is 23.2 Å². The third-order valence-electron chi connectivity index (χ3n) is 3.02. The van der Waals surface area contributed by atoms with Crippen LogP contribution in [0, 0.1) is 6.20 Å². The highest BCUT2D eigenvalue weighted by molar-refractivity contribution is 6.42. The van der Waals surface area contributed by atoms with E-state index in [2.05, 4.69) is 21.6 Å². The molecule has 0 saturated heterocycles. The third-order valence-corrected chi connectivity index (χ3v) is 3.76. The van der Waals surface area contributed by atoms with Gasteiger partial charge in [-0.05, 0) is 23.8 Å². The van der Waals surface area contributed by atoms with Crippen molar-refractivity contribution in [3.63, 3.8) is 0 Å². The van der Waals surface area contributed by atoms with Crippen molar-refractivity contribution < 1.29 is 4.79 Å². The molecule has 0 saturated carbocycles.